The van der Waals surface area contributed by atoms with E-state index in [-0.39, 0.29) is 17.9 Å². The number of carbonyl (C=O) groups is 2. The Balaban J connectivity index is 2.26. The molecule has 1 saturated carbocycles. The van der Waals surface area contributed by atoms with Crippen LogP contribution in [0.2, 0.25) is 0 Å². The molecule has 2 amide bonds. The summed E-state index contributed by atoms with van der Waals surface area (Å²) < 4.78 is 5.38. The van der Waals surface area contributed by atoms with Crippen LogP contribution in [-0.4, -0.2) is 47.5 Å². The molecular formula is C15H24N2O3. The summed E-state index contributed by atoms with van der Waals surface area (Å²) in [6.45, 7) is 5.44. The van der Waals surface area contributed by atoms with Crippen molar-refractivity contribution >= 4 is 12.0 Å². The lowest BCUT2D eigenvalue weighted by Gasteiger charge is -2.26. The number of likely N-dealkylation sites (tertiary alicyclic amines) is 1. The van der Waals surface area contributed by atoms with Crippen LogP contribution in [0.3, 0.4) is 0 Å². The molecule has 0 aromatic carbocycles. The fraction of sp³-hybridized carbons (Fsp3) is 0.733. The number of hydrogen-bond acceptors (Lipinski definition) is 4. The van der Waals surface area contributed by atoms with Crippen LogP contribution in [0.4, 0.5) is 4.79 Å². The van der Waals surface area contributed by atoms with Crippen LogP contribution in [0.1, 0.15) is 40.0 Å². The molecule has 20 heavy (non-hydrogen) atoms. The first-order chi connectivity index (χ1) is 9.20. The number of hydrogen-bond donors (Lipinski definition) is 0. The van der Waals surface area contributed by atoms with Crippen LogP contribution in [-0.2, 0) is 9.53 Å². The van der Waals surface area contributed by atoms with Crippen molar-refractivity contribution in [3.8, 4) is 0 Å². The van der Waals surface area contributed by atoms with Crippen LogP contribution in [0.5, 0.6) is 0 Å². The summed E-state index contributed by atoms with van der Waals surface area (Å²) in [7, 11) is 3.78. The Kier molecular flexibility index (Phi) is 3.80. The standard InChI is InChI=1S/C15H24N2O3/c1-15(2,3)20-14(19)17-12-8-6-7-10(12)11(13(17)18)9-16(4)5/h9-10,12H,6-8H2,1-5H3/b11-9+. The lowest BCUT2D eigenvalue weighted by atomic mass is 9.99. The number of ether oxygens (including phenoxy) is 1. The zero-order valence-electron chi connectivity index (χ0n) is 13.0. The average molecular weight is 280 g/mol. The minimum absolute atomic E-state index is 0.0245. The fourth-order valence-electron chi connectivity index (χ4n) is 3.02. The first kappa shape index (κ1) is 14.9. The summed E-state index contributed by atoms with van der Waals surface area (Å²) in [6.07, 6.45) is 4.22. The molecule has 5 heteroatoms. The molecule has 1 saturated heterocycles. The van der Waals surface area contributed by atoms with E-state index in [9.17, 15) is 9.59 Å². The molecule has 0 aromatic heterocycles. The van der Waals surface area contributed by atoms with Crippen molar-refractivity contribution in [1.29, 1.82) is 0 Å². The molecule has 112 valence electrons. The number of amides is 2. The first-order valence-electron chi connectivity index (χ1n) is 7.15. The van der Waals surface area contributed by atoms with Gasteiger partial charge in [0.15, 0.2) is 0 Å². The summed E-state index contributed by atoms with van der Waals surface area (Å²) in [5.74, 6) is -0.0277. The molecule has 2 rings (SSSR count). The summed E-state index contributed by atoms with van der Waals surface area (Å²) in [5.41, 5.74) is 0.155. The number of carbonyl (C=O) groups excluding carboxylic acids is 2. The second kappa shape index (κ2) is 5.11. The molecule has 0 spiro atoms. The predicted molar refractivity (Wildman–Crippen MR) is 76.0 cm³/mol. The van der Waals surface area contributed by atoms with Gasteiger partial charge in [-0.15, -0.1) is 0 Å². The molecule has 1 aliphatic carbocycles. The quantitative estimate of drug-likeness (QED) is 0.692. The molecule has 0 aromatic rings. The van der Waals surface area contributed by atoms with E-state index < -0.39 is 11.7 Å². The molecule has 0 N–H and O–H groups in total. The van der Waals surface area contributed by atoms with Crippen molar-refractivity contribution in [3.63, 3.8) is 0 Å². The number of rotatable bonds is 1. The normalized spacial score (nSPS) is 27.9. The van der Waals surface area contributed by atoms with E-state index >= 15 is 0 Å². The molecular weight excluding hydrogens is 256 g/mol. The molecule has 2 aliphatic rings. The number of fused-ring (bicyclic) bond motifs is 1. The summed E-state index contributed by atoms with van der Waals surface area (Å²) >= 11 is 0. The van der Waals surface area contributed by atoms with Gasteiger partial charge < -0.3 is 9.64 Å². The largest absolute Gasteiger partial charge is 0.443 e. The summed E-state index contributed by atoms with van der Waals surface area (Å²) in [6, 6.07) is -0.0245. The lowest BCUT2D eigenvalue weighted by Crippen LogP contribution is -2.42. The van der Waals surface area contributed by atoms with Gasteiger partial charge in [-0.1, -0.05) is 6.42 Å². The van der Waals surface area contributed by atoms with Crippen molar-refractivity contribution in [3.05, 3.63) is 11.8 Å². The van der Waals surface area contributed by atoms with E-state index in [0.29, 0.717) is 0 Å². The Labute approximate surface area is 120 Å². The van der Waals surface area contributed by atoms with E-state index in [4.69, 9.17) is 4.74 Å². The summed E-state index contributed by atoms with van der Waals surface area (Å²) in [4.78, 5) is 28.0. The van der Waals surface area contributed by atoms with E-state index in [2.05, 4.69) is 0 Å². The third-order valence-corrected chi connectivity index (χ3v) is 3.66. The van der Waals surface area contributed by atoms with E-state index in [0.717, 1.165) is 24.8 Å². The Morgan fingerprint density at radius 1 is 1.35 bits per heavy atom. The van der Waals surface area contributed by atoms with E-state index in [1.165, 1.54) is 4.90 Å². The highest BCUT2D eigenvalue weighted by Crippen LogP contribution is 2.42. The second-order valence-corrected chi connectivity index (χ2v) is 6.81. The number of nitrogens with zero attached hydrogens (tertiary/aromatic N) is 2. The maximum absolute atomic E-state index is 12.5. The van der Waals surface area contributed by atoms with Crippen LogP contribution in [0, 0.1) is 5.92 Å². The van der Waals surface area contributed by atoms with Gasteiger partial charge in [-0.05, 0) is 33.6 Å². The minimum Gasteiger partial charge on any atom is -0.443 e. The maximum atomic E-state index is 12.5. The van der Waals surface area contributed by atoms with Gasteiger partial charge >= 0.3 is 6.09 Å². The van der Waals surface area contributed by atoms with Gasteiger partial charge in [0.05, 0.1) is 6.04 Å². The highest BCUT2D eigenvalue weighted by Gasteiger charge is 2.50. The Hall–Kier alpha value is -1.52. The molecule has 1 heterocycles. The van der Waals surface area contributed by atoms with Crippen LogP contribution in [0.25, 0.3) is 0 Å². The van der Waals surface area contributed by atoms with Gasteiger partial charge in [-0.2, -0.15) is 0 Å². The number of imide groups is 1. The minimum atomic E-state index is -0.584. The van der Waals surface area contributed by atoms with Crippen LogP contribution >= 0.6 is 0 Å². The molecule has 1 aliphatic heterocycles. The molecule has 2 unspecified atom stereocenters. The van der Waals surface area contributed by atoms with E-state index in [1.54, 1.807) is 0 Å². The Morgan fingerprint density at radius 2 is 2.00 bits per heavy atom. The fourth-order valence-corrected chi connectivity index (χ4v) is 3.02. The van der Waals surface area contributed by atoms with Crippen LogP contribution < -0.4 is 0 Å². The molecule has 2 fully saturated rings. The zero-order chi connectivity index (χ0) is 15.1. The second-order valence-electron chi connectivity index (χ2n) is 6.81. The SMILES string of the molecule is CN(C)/C=C1/C(=O)N(C(=O)OC(C)(C)C)C2CCCC12. The average Bonchev–Trinajstić information content (AvgIpc) is 2.79. The first-order valence-corrected chi connectivity index (χ1v) is 7.15. The molecule has 5 nitrogen and oxygen atoms in total. The third-order valence-electron chi connectivity index (χ3n) is 3.66. The monoisotopic (exact) mass is 280 g/mol. The molecule has 0 bridgehead atoms. The van der Waals surface area contributed by atoms with Gasteiger partial charge in [0.2, 0.25) is 0 Å². The van der Waals surface area contributed by atoms with Crippen molar-refractivity contribution in [2.24, 2.45) is 5.92 Å². The van der Waals surface area contributed by atoms with Gasteiger partial charge in [0.1, 0.15) is 5.60 Å². The highest BCUT2D eigenvalue weighted by atomic mass is 16.6. The van der Waals surface area contributed by atoms with E-state index in [1.807, 2.05) is 46.0 Å². The van der Waals surface area contributed by atoms with Gasteiger partial charge in [0.25, 0.3) is 5.91 Å². The van der Waals surface area contributed by atoms with Crippen LogP contribution in [0.15, 0.2) is 11.8 Å². The zero-order valence-corrected chi connectivity index (χ0v) is 13.0. The van der Waals surface area contributed by atoms with Crippen molar-refractivity contribution in [2.45, 2.75) is 51.7 Å². The molecule has 0 radical (unpaired) electrons. The van der Waals surface area contributed by atoms with Crippen molar-refractivity contribution in [1.82, 2.24) is 9.80 Å². The van der Waals surface area contributed by atoms with Crippen molar-refractivity contribution in [2.75, 3.05) is 14.1 Å². The topological polar surface area (TPSA) is 49.9 Å². The molecule has 2 atom stereocenters. The van der Waals surface area contributed by atoms with Gasteiger partial charge in [0, 0.05) is 31.8 Å². The Bertz CT molecular complexity index is 449. The smallest absolute Gasteiger partial charge is 0.417 e. The predicted octanol–water partition coefficient (Wildman–Crippen LogP) is 2.38. The summed E-state index contributed by atoms with van der Waals surface area (Å²) in [5, 5.41) is 0. The van der Waals surface area contributed by atoms with Gasteiger partial charge in [-0.25, -0.2) is 9.69 Å². The third kappa shape index (κ3) is 2.81. The highest BCUT2D eigenvalue weighted by molar-refractivity contribution is 6.05. The maximum Gasteiger partial charge on any atom is 0.417 e. The Morgan fingerprint density at radius 3 is 2.55 bits per heavy atom. The van der Waals surface area contributed by atoms with Crippen molar-refractivity contribution < 1.29 is 14.3 Å². The lowest BCUT2D eigenvalue weighted by molar-refractivity contribution is -0.125. The van der Waals surface area contributed by atoms with Gasteiger partial charge in [-0.3, -0.25) is 4.79 Å².